The Morgan fingerprint density at radius 1 is 1.06 bits per heavy atom. The molecule has 1 fully saturated rings. The number of amides is 1. The molecule has 1 aliphatic heterocycles. The summed E-state index contributed by atoms with van der Waals surface area (Å²) in [5.74, 6) is -3.03. The zero-order chi connectivity index (χ0) is 25.3. The smallest absolute Gasteiger partial charge is 0.295 e. The molecule has 1 aliphatic rings. The first kappa shape index (κ1) is 24.2. The quantitative estimate of drug-likeness (QED) is 0.320. The van der Waals surface area contributed by atoms with Gasteiger partial charge in [0.15, 0.2) is 0 Å². The second-order valence-corrected chi connectivity index (χ2v) is 10.3. The third-order valence-electron chi connectivity index (χ3n) is 5.72. The molecule has 0 radical (unpaired) electrons. The summed E-state index contributed by atoms with van der Waals surface area (Å²) in [6, 6.07) is 13.1. The molecule has 3 aromatic rings. The first-order chi connectivity index (χ1) is 16.6. The van der Waals surface area contributed by atoms with Crippen molar-refractivity contribution in [3.05, 3.63) is 101 Å². The summed E-state index contributed by atoms with van der Waals surface area (Å²) in [6.07, 6.45) is 3.09. The molecule has 0 aliphatic carbocycles. The molecule has 0 unspecified atom stereocenters. The summed E-state index contributed by atoms with van der Waals surface area (Å²) < 4.78 is 40.6. The molecule has 8 nitrogen and oxygen atoms in total. The molecule has 180 valence electrons. The summed E-state index contributed by atoms with van der Waals surface area (Å²) in [5.41, 5.74) is 0.494. The van der Waals surface area contributed by atoms with E-state index in [1.165, 1.54) is 67.7 Å². The van der Waals surface area contributed by atoms with E-state index in [-0.39, 0.29) is 28.1 Å². The number of rotatable bonds is 6. The largest absolute Gasteiger partial charge is 0.507 e. The predicted molar refractivity (Wildman–Crippen MR) is 126 cm³/mol. The van der Waals surface area contributed by atoms with Crippen molar-refractivity contribution in [3.63, 3.8) is 0 Å². The van der Waals surface area contributed by atoms with Crippen LogP contribution in [0, 0.1) is 5.82 Å². The molecule has 2 heterocycles. The number of likely N-dealkylation sites (tertiary alicyclic amines) is 1. The maximum absolute atomic E-state index is 14.9. The maximum Gasteiger partial charge on any atom is 0.295 e. The second-order valence-electron chi connectivity index (χ2n) is 8.12. The van der Waals surface area contributed by atoms with Crippen LogP contribution in [0.2, 0.25) is 0 Å². The summed E-state index contributed by atoms with van der Waals surface area (Å²) in [6.45, 7) is -0.0335. The Balaban J connectivity index is 1.84. The Morgan fingerprint density at radius 3 is 2.34 bits per heavy atom. The molecule has 1 saturated heterocycles. The molecular formula is C25H22FN3O5S. The monoisotopic (exact) mass is 495 g/mol. The lowest BCUT2D eigenvalue weighted by molar-refractivity contribution is -0.140. The number of aliphatic hydroxyl groups is 1. The normalized spacial score (nSPS) is 17.8. The van der Waals surface area contributed by atoms with Gasteiger partial charge in [-0.3, -0.25) is 14.6 Å². The molecule has 1 N–H and O–H groups in total. The van der Waals surface area contributed by atoms with Gasteiger partial charge in [-0.05, 0) is 42.0 Å². The first-order valence-corrected chi connectivity index (χ1v) is 12.0. The van der Waals surface area contributed by atoms with Crippen molar-refractivity contribution in [2.24, 2.45) is 0 Å². The molecule has 1 aromatic heterocycles. The van der Waals surface area contributed by atoms with Gasteiger partial charge in [0.05, 0.1) is 16.5 Å². The number of hydrogen-bond donors (Lipinski definition) is 1. The van der Waals surface area contributed by atoms with E-state index in [4.69, 9.17) is 0 Å². The van der Waals surface area contributed by atoms with Crippen molar-refractivity contribution in [3.8, 4) is 0 Å². The van der Waals surface area contributed by atoms with Crippen molar-refractivity contribution >= 4 is 27.5 Å². The fraction of sp³-hybridized carbons (Fsp3) is 0.160. The lowest BCUT2D eigenvalue weighted by Gasteiger charge is -2.25. The highest BCUT2D eigenvalue weighted by Gasteiger charge is 2.47. The van der Waals surface area contributed by atoms with Gasteiger partial charge in [-0.15, -0.1) is 0 Å². The number of nitrogens with zero attached hydrogens (tertiary/aromatic N) is 3. The zero-order valence-electron chi connectivity index (χ0n) is 18.9. The third-order valence-corrected chi connectivity index (χ3v) is 7.55. The number of aromatic nitrogens is 1. The van der Waals surface area contributed by atoms with Crippen molar-refractivity contribution in [1.82, 2.24) is 14.2 Å². The van der Waals surface area contributed by atoms with Crippen LogP contribution in [0.1, 0.15) is 22.7 Å². The van der Waals surface area contributed by atoms with Gasteiger partial charge in [0.25, 0.3) is 11.7 Å². The first-order valence-electron chi connectivity index (χ1n) is 10.6. The molecule has 0 saturated carbocycles. The van der Waals surface area contributed by atoms with E-state index in [0.29, 0.717) is 5.56 Å². The highest BCUT2D eigenvalue weighted by atomic mass is 32.2. The maximum atomic E-state index is 14.9. The lowest BCUT2D eigenvalue weighted by atomic mass is 9.95. The van der Waals surface area contributed by atoms with E-state index in [1.807, 2.05) is 0 Å². The summed E-state index contributed by atoms with van der Waals surface area (Å²) >= 11 is 0. The Hall–Kier alpha value is -3.89. The fourth-order valence-electron chi connectivity index (χ4n) is 3.90. The van der Waals surface area contributed by atoms with Gasteiger partial charge < -0.3 is 10.0 Å². The van der Waals surface area contributed by atoms with Crippen LogP contribution in [0.4, 0.5) is 4.39 Å². The lowest BCUT2D eigenvalue weighted by Crippen LogP contribution is -2.29. The minimum Gasteiger partial charge on any atom is -0.507 e. The van der Waals surface area contributed by atoms with Crippen molar-refractivity contribution < 1.29 is 27.5 Å². The molecule has 35 heavy (non-hydrogen) atoms. The average Bonchev–Trinajstić information content (AvgIpc) is 3.09. The third kappa shape index (κ3) is 4.45. The predicted octanol–water partition coefficient (Wildman–Crippen LogP) is 3.09. The van der Waals surface area contributed by atoms with E-state index in [9.17, 15) is 27.5 Å². The van der Waals surface area contributed by atoms with Crippen LogP contribution >= 0.6 is 0 Å². The molecule has 4 rings (SSSR count). The van der Waals surface area contributed by atoms with E-state index in [2.05, 4.69) is 4.98 Å². The molecular weight excluding hydrogens is 473 g/mol. The Morgan fingerprint density at radius 2 is 1.74 bits per heavy atom. The van der Waals surface area contributed by atoms with E-state index >= 15 is 0 Å². The van der Waals surface area contributed by atoms with Crippen molar-refractivity contribution in [2.45, 2.75) is 17.5 Å². The molecule has 0 bridgehead atoms. The average molecular weight is 496 g/mol. The standard InChI is InChI=1S/C25H22FN3O5S/c1-28(2)35(33,34)18-11-9-17(10-12-18)23(30)21-22(19-7-3-4-8-20(19)26)29(25(32)24(21)31)15-16-6-5-13-27-14-16/h3-14,22,30H,15H2,1-2H3/t22-/m1/s1. The number of sulfonamides is 1. The number of carbonyl (C=O) groups excluding carboxylic acids is 2. The van der Waals surface area contributed by atoms with Crippen LogP contribution in [-0.2, 0) is 26.2 Å². The minimum absolute atomic E-state index is 0.0123. The second kappa shape index (κ2) is 9.40. The van der Waals surface area contributed by atoms with Gasteiger partial charge in [-0.1, -0.05) is 24.3 Å². The van der Waals surface area contributed by atoms with E-state index < -0.39 is 39.3 Å². The van der Waals surface area contributed by atoms with Gasteiger partial charge in [0.1, 0.15) is 11.6 Å². The Bertz CT molecular complexity index is 1420. The molecule has 1 amide bonds. The van der Waals surface area contributed by atoms with Crippen LogP contribution in [0.5, 0.6) is 0 Å². The Labute approximate surface area is 202 Å². The number of pyridine rings is 1. The zero-order valence-corrected chi connectivity index (χ0v) is 19.7. The molecule has 10 heteroatoms. The summed E-state index contributed by atoms with van der Waals surface area (Å²) in [5, 5.41) is 11.1. The van der Waals surface area contributed by atoms with Crippen LogP contribution in [-0.4, -0.2) is 53.5 Å². The Kier molecular flexibility index (Phi) is 6.51. The summed E-state index contributed by atoms with van der Waals surface area (Å²) in [7, 11) is -0.929. The van der Waals surface area contributed by atoms with Gasteiger partial charge in [0, 0.05) is 44.2 Å². The number of halogens is 1. The molecule has 0 spiro atoms. The van der Waals surface area contributed by atoms with Crippen LogP contribution in [0.15, 0.2) is 83.5 Å². The summed E-state index contributed by atoms with van der Waals surface area (Å²) in [4.78, 5) is 31.3. The SMILES string of the molecule is CN(C)S(=O)(=O)c1ccc(C(O)=C2C(=O)C(=O)N(Cc3cccnc3)[C@@H]2c2ccccc2F)cc1. The van der Waals surface area contributed by atoms with Crippen molar-refractivity contribution in [1.29, 1.82) is 0 Å². The van der Waals surface area contributed by atoms with Crippen LogP contribution in [0.3, 0.4) is 0 Å². The highest BCUT2D eigenvalue weighted by molar-refractivity contribution is 7.89. The van der Waals surface area contributed by atoms with Gasteiger partial charge >= 0.3 is 0 Å². The minimum atomic E-state index is -3.71. The van der Waals surface area contributed by atoms with Gasteiger partial charge in [0.2, 0.25) is 10.0 Å². The van der Waals surface area contributed by atoms with E-state index in [1.54, 1.807) is 24.4 Å². The van der Waals surface area contributed by atoms with Crippen LogP contribution in [0.25, 0.3) is 5.76 Å². The molecule has 1 atom stereocenters. The fourth-order valence-corrected chi connectivity index (χ4v) is 4.80. The highest BCUT2D eigenvalue weighted by Crippen LogP contribution is 2.41. The number of Topliss-reactive ketones (excluding diaryl/α,β-unsaturated/α-hetero) is 1. The number of benzene rings is 2. The number of aliphatic hydroxyl groups excluding tert-OH is 1. The van der Waals surface area contributed by atoms with Gasteiger partial charge in [-0.25, -0.2) is 17.1 Å². The van der Waals surface area contributed by atoms with Gasteiger partial charge in [-0.2, -0.15) is 0 Å². The van der Waals surface area contributed by atoms with E-state index in [0.717, 1.165) is 4.31 Å². The number of carbonyl (C=O) groups is 2. The number of ketones is 1. The number of hydrogen-bond acceptors (Lipinski definition) is 6. The topological polar surface area (TPSA) is 108 Å². The van der Waals surface area contributed by atoms with Crippen molar-refractivity contribution in [2.75, 3.05) is 14.1 Å². The molecule has 2 aromatic carbocycles. The van der Waals surface area contributed by atoms with Crippen LogP contribution < -0.4 is 0 Å².